The summed E-state index contributed by atoms with van der Waals surface area (Å²) in [5.74, 6) is 1.32. The Labute approximate surface area is 133 Å². The monoisotopic (exact) mass is 312 g/mol. The normalized spacial score (nSPS) is 16.6. The summed E-state index contributed by atoms with van der Waals surface area (Å²) in [7, 11) is 1.67. The molecule has 1 unspecified atom stereocenters. The van der Waals surface area contributed by atoms with Crippen molar-refractivity contribution < 1.29 is 9.53 Å². The molecule has 0 saturated carbocycles. The van der Waals surface area contributed by atoms with E-state index in [0.717, 1.165) is 43.9 Å². The van der Waals surface area contributed by atoms with Gasteiger partial charge in [0.25, 0.3) is 0 Å². The van der Waals surface area contributed by atoms with E-state index in [2.05, 4.69) is 18.3 Å². The van der Waals surface area contributed by atoms with Crippen LogP contribution in [-0.2, 0) is 4.79 Å². The molecule has 1 N–H and O–H groups in total. The van der Waals surface area contributed by atoms with Crippen LogP contribution in [0.3, 0.4) is 0 Å². The van der Waals surface area contributed by atoms with Crippen molar-refractivity contribution in [2.24, 2.45) is 0 Å². The number of methoxy groups -OCH3 is 1. The number of nitrogens with zero attached hydrogens (tertiary/aromatic N) is 1. The van der Waals surface area contributed by atoms with Gasteiger partial charge in [-0.05, 0) is 36.6 Å². The number of hydrogen-bond donors (Lipinski definition) is 1. The van der Waals surface area contributed by atoms with E-state index in [4.69, 9.17) is 4.74 Å². The largest absolute Gasteiger partial charge is 0.497 e. The van der Waals surface area contributed by atoms with Crippen LogP contribution in [0.25, 0.3) is 0 Å². The molecule has 0 radical (unpaired) electrons. The van der Waals surface area contributed by atoms with E-state index >= 15 is 0 Å². The Morgan fingerprint density at radius 2 is 2.19 bits per heavy atom. The maximum absolute atomic E-state index is 12.4. The van der Waals surface area contributed by atoms with Crippen LogP contribution in [0, 0.1) is 0 Å². The Hall–Kier alpha value is -1.26. The van der Waals surface area contributed by atoms with Crippen molar-refractivity contribution in [2.45, 2.75) is 25.7 Å². The Morgan fingerprint density at radius 3 is 2.95 bits per heavy atom. The second-order valence-corrected chi connectivity index (χ2v) is 5.37. The van der Waals surface area contributed by atoms with Crippen LogP contribution in [0.15, 0.2) is 24.3 Å². The lowest BCUT2D eigenvalue weighted by Gasteiger charge is -2.22. The predicted molar refractivity (Wildman–Crippen MR) is 87.3 cm³/mol. The number of halogens is 1. The summed E-state index contributed by atoms with van der Waals surface area (Å²) in [6.45, 7) is 5.71. The molecule has 1 fully saturated rings. The molecule has 5 heteroatoms. The van der Waals surface area contributed by atoms with Gasteiger partial charge >= 0.3 is 0 Å². The van der Waals surface area contributed by atoms with E-state index in [9.17, 15) is 4.79 Å². The SMILES string of the molecule is COc1cccc(C(C)CC(=O)N2CCCNCC2)c1.Cl. The maximum atomic E-state index is 12.4. The van der Waals surface area contributed by atoms with Gasteiger partial charge in [0, 0.05) is 26.1 Å². The van der Waals surface area contributed by atoms with E-state index in [0.29, 0.717) is 6.42 Å². The molecule has 1 aromatic rings. The van der Waals surface area contributed by atoms with Crippen LogP contribution < -0.4 is 10.1 Å². The van der Waals surface area contributed by atoms with Crippen molar-refractivity contribution in [1.82, 2.24) is 10.2 Å². The summed E-state index contributed by atoms with van der Waals surface area (Å²) in [6, 6.07) is 7.98. The molecule has 1 amide bonds. The summed E-state index contributed by atoms with van der Waals surface area (Å²) in [6.07, 6.45) is 1.60. The molecule has 118 valence electrons. The van der Waals surface area contributed by atoms with E-state index < -0.39 is 0 Å². The molecule has 21 heavy (non-hydrogen) atoms. The van der Waals surface area contributed by atoms with Gasteiger partial charge < -0.3 is 15.0 Å². The molecule has 2 rings (SSSR count). The molecule has 1 aliphatic rings. The number of carbonyl (C=O) groups excluding carboxylic acids is 1. The van der Waals surface area contributed by atoms with E-state index in [1.807, 2.05) is 23.1 Å². The van der Waals surface area contributed by atoms with Gasteiger partial charge in [-0.3, -0.25) is 4.79 Å². The fourth-order valence-corrected chi connectivity index (χ4v) is 2.55. The topological polar surface area (TPSA) is 41.6 Å². The summed E-state index contributed by atoms with van der Waals surface area (Å²) >= 11 is 0. The van der Waals surface area contributed by atoms with Gasteiger partial charge in [0.05, 0.1) is 7.11 Å². The second-order valence-electron chi connectivity index (χ2n) is 5.37. The zero-order valence-electron chi connectivity index (χ0n) is 12.8. The summed E-state index contributed by atoms with van der Waals surface area (Å²) in [4.78, 5) is 14.3. The lowest BCUT2D eigenvalue weighted by Crippen LogP contribution is -2.34. The van der Waals surface area contributed by atoms with E-state index in [1.165, 1.54) is 0 Å². The highest BCUT2D eigenvalue weighted by atomic mass is 35.5. The molecule has 1 aliphatic heterocycles. The van der Waals surface area contributed by atoms with Crippen molar-refractivity contribution in [3.05, 3.63) is 29.8 Å². The molecular weight excluding hydrogens is 288 g/mol. The molecule has 1 heterocycles. The van der Waals surface area contributed by atoms with Gasteiger partial charge in [0.1, 0.15) is 5.75 Å². The van der Waals surface area contributed by atoms with Crippen molar-refractivity contribution >= 4 is 18.3 Å². The lowest BCUT2D eigenvalue weighted by atomic mass is 9.97. The summed E-state index contributed by atoms with van der Waals surface area (Å²) < 4.78 is 5.24. The highest BCUT2D eigenvalue weighted by molar-refractivity contribution is 5.85. The molecule has 0 aliphatic carbocycles. The van der Waals surface area contributed by atoms with E-state index in [-0.39, 0.29) is 24.2 Å². The van der Waals surface area contributed by atoms with Gasteiger partial charge in [-0.2, -0.15) is 0 Å². The minimum Gasteiger partial charge on any atom is -0.497 e. The first-order valence-electron chi connectivity index (χ1n) is 7.33. The number of nitrogens with one attached hydrogen (secondary N) is 1. The average Bonchev–Trinajstić information content (AvgIpc) is 2.76. The third-order valence-corrected chi connectivity index (χ3v) is 3.84. The molecule has 1 saturated heterocycles. The summed E-state index contributed by atoms with van der Waals surface area (Å²) in [5.41, 5.74) is 1.16. The molecule has 4 nitrogen and oxygen atoms in total. The highest BCUT2D eigenvalue weighted by Crippen LogP contribution is 2.23. The van der Waals surface area contributed by atoms with Gasteiger partial charge in [-0.15, -0.1) is 12.4 Å². The van der Waals surface area contributed by atoms with Crippen LogP contribution in [0.2, 0.25) is 0 Å². The standard InChI is InChI=1S/C16H24N2O2.ClH/c1-13(14-5-3-6-15(12-14)20-2)11-16(19)18-9-4-7-17-8-10-18;/h3,5-6,12-13,17H,4,7-11H2,1-2H3;1H. The summed E-state index contributed by atoms with van der Waals surface area (Å²) in [5, 5.41) is 3.32. The van der Waals surface area contributed by atoms with Gasteiger partial charge in [-0.1, -0.05) is 19.1 Å². The Balaban J connectivity index is 0.00000220. The molecular formula is C16H25ClN2O2. The van der Waals surface area contributed by atoms with Crippen LogP contribution in [0.5, 0.6) is 5.75 Å². The Morgan fingerprint density at radius 1 is 1.38 bits per heavy atom. The van der Waals surface area contributed by atoms with Gasteiger partial charge in [0.15, 0.2) is 0 Å². The number of rotatable bonds is 4. The average molecular weight is 313 g/mol. The van der Waals surface area contributed by atoms with Crippen LogP contribution in [0.4, 0.5) is 0 Å². The minimum atomic E-state index is 0. The fourth-order valence-electron chi connectivity index (χ4n) is 2.55. The smallest absolute Gasteiger partial charge is 0.223 e. The number of amides is 1. The van der Waals surface area contributed by atoms with Gasteiger partial charge in [-0.25, -0.2) is 0 Å². The highest BCUT2D eigenvalue weighted by Gasteiger charge is 2.18. The molecule has 1 atom stereocenters. The first kappa shape index (κ1) is 17.8. The fraction of sp³-hybridized carbons (Fsp3) is 0.562. The van der Waals surface area contributed by atoms with Crippen molar-refractivity contribution in [1.29, 1.82) is 0 Å². The Kier molecular flexibility index (Phi) is 7.54. The number of benzene rings is 1. The first-order chi connectivity index (χ1) is 9.70. The number of ether oxygens (including phenoxy) is 1. The van der Waals surface area contributed by atoms with E-state index in [1.54, 1.807) is 7.11 Å². The van der Waals surface area contributed by atoms with Gasteiger partial charge in [0.2, 0.25) is 5.91 Å². The maximum Gasteiger partial charge on any atom is 0.223 e. The third-order valence-electron chi connectivity index (χ3n) is 3.84. The Bertz CT molecular complexity index is 446. The zero-order chi connectivity index (χ0) is 14.4. The lowest BCUT2D eigenvalue weighted by molar-refractivity contribution is -0.131. The van der Waals surface area contributed by atoms with Crippen molar-refractivity contribution in [3.63, 3.8) is 0 Å². The molecule has 0 aromatic heterocycles. The second kappa shape index (κ2) is 8.90. The van der Waals surface area contributed by atoms with Crippen LogP contribution in [-0.4, -0.2) is 44.1 Å². The number of carbonyl (C=O) groups is 1. The molecule has 0 bridgehead atoms. The third kappa shape index (κ3) is 5.21. The molecule has 1 aromatic carbocycles. The predicted octanol–water partition coefficient (Wildman–Crippen LogP) is 2.43. The quantitative estimate of drug-likeness (QED) is 0.928. The first-order valence-corrected chi connectivity index (χ1v) is 7.33. The van der Waals surface area contributed by atoms with Crippen LogP contribution >= 0.6 is 12.4 Å². The minimum absolute atomic E-state index is 0. The van der Waals surface area contributed by atoms with Crippen LogP contribution in [0.1, 0.15) is 31.2 Å². The number of hydrogen-bond acceptors (Lipinski definition) is 3. The zero-order valence-corrected chi connectivity index (χ0v) is 13.6. The van der Waals surface area contributed by atoms with Crippen molar-refractivity contribution in [3.8, 4) is 5.75 Å². The van der Waals surface area contributed by atoms with Crippen molar-refractivity contribution in [2.75, 3.05) is 33.3 Å². The molecule has 0 spiro atoms.